The molecule has 0 bridgehead atoms. The van der Waals surface area contributed by atoms with Gasteiger partial charge in [-0.3, -0.25) is 0 Å². The summed E-state index contributed by atoms with van der Waals surface area (Å²) in [5, 5.41) is 0. The first-order chi connectivity index (χ1) is 11.1. The van der Waals surface area contributed by atoms with Gasteiger partial charge < -0.3 is 29.6 Å². The molecule has 0 saturated carbocycles. The number of nitrogens with zero attached hydrogens (tertiary/aromatic N) is 2. The van der Waals surface area contributed by atoms with Gasteiger partial charge in [0, 0.05) is 24.7 Å². The van der Waals surface area contributed by atoms with Crippen LogP contribution < -0.4 is 19.9 Å². The highest BCUT2D eigenvalue weighted by atomic mass is 19.3. The number of benzene rings is 1. The average Bonchev–Trinajstić information content (AvgIpc) is 2.99. The second-order valence-electron chi connectivity index (χ2n) is 4.97. The van der Waals surface area contributed by atoms with Gasteiger partial charge in [0.15, 0.2) is 17.5 Å². The van der Waals surface area contributed by atoms with Crippen molar-refractivity contribution in [1.29, 1.82) is 0 Å². The lowest BCUT2D eigenvalue weighted by atomic mass is 10.1. The van der Waals surface area contributed by atoms with Crippen molar-refractivity contribution < 1.29 is 27.7 Å². The Balaban J connectivity index is 1.77. The Bertz CT molecular complexity index is 592. The first-order valence-corrected chi connectivity index (χ1v) is 7.13. The summed E-state index contributed by atoms with van der Waals surface area (Å²) in [4.78, 5) is 6.13. The SMILES string of the molecule is NC(=NCc1cc2c(cc1OC(F)F)OCO2)N1CCOCC1. The number of hydrogen-bond donors (Lipinski definition) is 1. The number of fused-ring (bicyclic) bond motifs is 1. The Labute approximate surface area is 131 Å². The lowest BCUT2D eigenvalue weighted by Crippen LogP contribution is -2.44. The first kappa shape index (κ1) is 15.6. The Morgan fingerprint density at radius 1 is 1.26 bits per heavy atom. The summed E-state index contributed by atoms with van der Waals surface area (Å²) in [6, 6.07) is 2.96. The summed E-state index contributed by atoms with van der Waals surface area (Å²) in [5.41, 5.74) is 6.39. The quantitative estimate of drug-likeness (QED) is 0.660. The molecule has 1 aromatic rings. The van der Waals surface area contributed by atoms with Crippen molar-refractivity contribution in [2.24, 2.45) is 10.7 Å². The van der Waals surface area contributed by atoms with Crippen molar-refractivity contribution in [2.45, 2.75) is 13.2 Å². The molecule has 1 saturated heterocycles. The van der Waals surface area contributed by atoms with Gasteiger partial charge in [-0.25, -0.2) is 4.99 Å². The van der Waals surface area contributed by atoms with E-state index in [1.165, 1.54) is 6.07 Å². The minimum Gasteiger partial charge on any atom is -0.454 e. The summed E-state index contributed by atoms with van der Waals surface area (Å²) in [6.07, 6.45) is 0. The van der Waals surface area contributed by atoms with Crippen LogP contribution in [0.15, 0.2) is 17.1 Å². The molecule has 0 aromatic heterocycles. The monoisotopic (exact) mass is 329 g/mol. The third-order valence-corrected chi connectivity index (χ3v) is 3.52. The second-order valence-corrected chi connectivity index (χ2v) is 4.97. The van der Waals surface area contributed by atoms with E-state index < -0.39 is 6.61 Å². The predicted molar refractivity (Wildman–Crippen MR) is 76.9 cm³/mol. The van der Waals surface area contributed by atoms with Crippen LogP contribution in [0.4, 0.5) is 8.78 Å². The smallest absolute Gasteiger partial charge is 0.387 e. The summed E-state index contributed by atoms with van der Waals surface area (Å²) >= 11 is 0. The van der Waals surface area contributed by atoms with Gasteiger partial charge in [0.2, 0.25) is 6.79 Å². The molecule has 0 radical (unpaired) electrons. The molecule has 0 spiro atoms. The van der Waals surface area contributed by atoms with Crippen LogP contribution in [0.25, 0.3) is 0 Å². The Morgan fingerprint density at radius 3 is 2.65 bits per heavy atom. The van der Waals surface area contributed by atoms with Crippen molar-refractivity contribution in [3.8, 4) is 17.2 Å². The zero-order valence-corrected chi connectivity index (χ0v) is 12.3. The van der Waals surface area contributed by atoms with Crippen LogP contribution in [0.3, 0.4) is 0 Å². The minimum absolute atomic E-state index is 0.00257. The normalized spacial score (nSPS) is 17.7. The van der Waals surface area contributed by atoms with Gasteiger partial charge in [-0.15, -0.1) is 0 Å². The largest absolute Gasteiger partial charge is 0.454 e. The van der Waals surface area contributed by atoms with E-state index in [0.29, 0.717) is 49.3 Å². The number of aliphatic imine (C=N–C) groups is 1. The maximum atomic E-state index is 12.6. The number of alkyl halides is 2. The van der Waals surface area contributed by atoms with E-state index in [9.17, 15) is 8.78 Å². The van der Waals surface area contributed by atoms with E-state index in [2.05, 4.69) is 9.73 Å². The average molecular weight is 329 g/mol. The third kappa shape index (κ3) is 3.73. The van der Waals surface area contributed by atoms with Crippen molar-refractivity contribution in [2.75, 3.05) is 33.1 Å². The molecule has 2 N–H and O–H groups in total. The molecule has 9 heteroatoms. The Morgan fingerprint density at radius 2 is 1.96 bits per heavy atom. The fraction of sp³-hybridized carbons (Fsp3) is 0.500. The van der Waals surface area contributed by atoms with Gasteiger partial charge >= 0.3 is 6.61 Å². The van der Waals surface area contributed by atoms with Gasteiger partial charge in [0.05, 0.1) is 19.8 Å². The summed E-state index contributed by atoms with van der Waals surface area (Å²) in [5.74, 6) is 1.19. The molecule has 23 heavy (non-hydrogen) atoms. The molecule has 1 fully saturated rings. The van der Waals surface area contributed by atoms with Crippen molar-refractivity contribution in [3.63, 3.8) is 0 Å². The lowest BCUT2D eigenvalue weighted by Gasteiger charge is -2.27. The number of hydrogen-bond acceptors (Lipinski definition) is 5. The topological polar surface area (TPSA) is 78.5 Å². The molecule has 2 heterocycles. The highest BCUT2D eigenvalue weighted by Gasteiger charge is 2.20. The van der Waals surface area contributed by atoms with Crippen LogP contribution in [0.2, 0.25) is 0 Å². The molecule has 7 nitrogen and oxygen atoms in total. The molecule has 126 valence electrons. The zero-order chi connectivity index (χ0) is 16.2. The van der Waals surface area contributed by atoms with E-state index in [4.69, 9.17) is 19.9 Å². The summed E-state index contributed by atoms with van der Waals surface area (Å²) < 4.78 is 45.3. The second kappa shape index (κ2) is 6.86. The maximum Gasteiger partial charge on any atom is 0.387 e. The molecule has 0 amide bonds. The number of halogens is 2. The van der Waals surface area contributed by atoms with Crippen LogP contribution in [0.5, 0.6) is 17.2 Å². The van der Waals surface area contributed by atoms with Gasteiger partial charge in [-0.2, -0.15) is 8.78 Å². The number of nitrogens with two attached hydrogens (primary N) is 1. The van der Waals surface area contributed by atoms with Crippen molar-refractivity contribution in [3.05, 3.63) is 17.7 Å². The molecule has 3 rings (SSSR count). The molecule has 2 aliphatic heterocycles. The minimum atomic E-state index is -2.94. The lowest BCUT2D eigenvalue weighted by molar-refractivity contribution is -0.0505. The highest BCUT2D eigenvalue weighted by Crippen LogP contribution is 2.39. The van der Waals surface area contributed by atoms with Crippen molar-refractivity contribution in [1.82, 2.24) is 4.90 Å². The molecule has 0 atom stereocenters. The highest BCUT2D eigenvalue weighted by molar-refractivity contribution is 5.78. The first-order valence-electron chi connectivity index (χ1n) is 7.13. The molecule has 1 aromatic carbocycles. The van der Waals surface area contributed by atoms with Crippen LogP contribution in [0.1, 0.15) is 5.56 Å². The number of ether oxygens (including phenoxy) is 4. The van der Waals surface area contributed by atoms with Crippen LogP contribution in [-0.2, 0) is 11.3 Å². The van der Waals surface area contributed by atoms with E-state index >= 15 is 0 Å². The number of morpholine rings is 1. The third-order valence-electron chi connectivity index (χ3n) is 3.52. The standard InChI is InChI=1S/C14H17F2N3O4/c15-13(16)23-10-6-12-11(21-8-22-12)5-9(10)7-18-14(17)19-1-3-20-4-2-19/h5-6,13H,1-4,7-8H2,(H2,17,18). The van der Waals surface area contributed by atoms with Crippen LogP contribution in [0, 0.1) is 0 Å². The van der Waals surface area contributed by atoms with E-state index in [1.54, 1.807) is 6.07 Å². The van der Waals surface area contributed by atoms with Crippen LogP contribution >= 0.6 is 0 Å². The molecular weight excluding hydrogens is 312 g/mol. The molecule has 2 aliphatic rings. The van der Waals surface area contributed by atoms with Crippen LogP contribution in [-0.4, -0.2) is 50.6 Å². The summed E-state index contributed by atoms with van der Waals surface area (Å²) in [6.45, 7) is -0.323. The fourth-order valence-electron chi connectivity index (χ4n) is 2.35. The van der Waals surface area contributed by atoms with E-state index in [0.717, 1.165) is 0 Å². The Hall–Kier alpha value is -2.29. The zero-order valence-electron chi connectivity index (χ0n) is 12.3. The van der Waals surface area contributed by atoms with E-state index in [1.807, 2.05) is 4.90 Å². The molecule has 0 aliphatic carbocycles. The van der Waals surface area contributed by atoms with Gasteiger partial charge in [0.1, 0.15) is 5.75 Å². The predicted octanol–water partition coefficient (Wildman–Crippen LogP) is 1.16. The van der Waals surface area contributed by atoms with Gasteiger partial charge in [-0.05, 0) is 6.07 Å². The summed E-state index contributed by atoms with van der Waals surface area (Å²) in [7, 11) is 0. The maximum absolute atomic E-state index is 12.6. The van der Waals surface area contributed by atoms with Gasteiger partial charge in [0.25, 0.3) is 0 Å². The number of rotatable bonds is 4. The molecule has 0 unspecified atom stereocenters. The number of guanidine groups is 1. The molecular formula is C14H17F2N3O4. The van der Waals surface area contributed by atoms with Crippen molar-refractivity contribution >= 4 is 5.96 Å². The Kier molecular flexibility index (Phi) is 4.65. The van der Waals surface area contributed by atoms with E-state index in [-0.39, 0.29) is 19.1 Å². The van der Waals surface area contributed by atoms with Gasteiger partial charge in [-0.1, -0.05) is 0 Å². The fourth-order valence-corrected chi connectivity index (χ4v) is 2.35.